The number of carbonyl (C=O) groups is 2. The molecular formula is C22H26O6S. The Hall–Kier alpha value is -2.67. The van der Waals surface area contributed by atoms with Crippen molar-refractivity contribution in [3.63, 3.8) is 0 Å². The summed E-state index contributed by atoms with van der Waals surface area (Å²) >= 11 is 0. The summed E-state index contributed by atoms with van der Waals surface area (Å²) in [6.07, 6.45) is -1.10. The van der Waals surface area contributed by atoms with E-state index in [-0.39, 0.29) is 23.5 Å². The molecule has 0 aliphatic carbocycles. The summed E-state index contributed by atoms with van der Waals surface area (Å²) in [6.45, 7) is 7.21. The van der Waals surface area contributed by atoms with Gasteiger partial charge in [0.1, 0.15) is 5.60 Å². The number of hydrogen-bond donors (Lipinski definition) is 0. The number of aryl methyl sites for hydroxylation is 2. The Bertz CT molecular complexity index is 956. The Morgan fingerprint density at radius 1 is 1.07 bits per heavy atom. The molecule has 0 radical (unpaired) electrons. The predicted molar refractivity (Wildman–Crippen MR) is 109 cm³/mol. The fraction of sp³-hybridized carbons (Fsp3) is 0.364. The molecule has 1 atom stereocenters. The number of ether oxygens (including phenoxy) is 2. The van der Waals surface area contributed by atoms with Gasteiger partial charge in [0.05, 0.1) is 10.6 Å². The van der Waals surface area contributed by atoms with Crippen molar-refractivity contribution in [3.8, 4) is 0 Å². The lowest BCUT2D eigenvalue weighted by Gasteiger charge is -2.24. The molecule has 7 heteroatoms. The zero-order valence-electron chi connectivity index (χ0n) is 17.0. The van der Waals surface area contributed by atoms with Gasteiger partial charge in [0.15, 0.2) is 9.84 Å². The smallest absolute Gasteiger partial charge is 0.352 e. The van der Waals surface area contributed by atoms with Crippen LogP contribution in [0.15, 0.2) is 53.4 Å². The van der Waals surface area contributed by atoms with E-state index in [1.807, 2.05) is 6.92 Å². The number of carbonyl (C=O) groups excluding carboxylic acids is 2. The number of hydrogen-bond acceptors (Lipinski definition) is 6. The molecule has 0 fully saturated rings. The molecule has 1 unspecified atom stereocenters. The largest absolute Gasteiger partial charge is 0.457 e. The average Bonchev–Trinajstić information content (AvgIpc) is 2.64. The van der Waals surface area contributed by atoms with Crippen molar-refractivity contribution in [1.82, 2.24) is 0 Å². The zero-order chi connectivity index (χ0) is 21.7. The summed E-state index contributed by atoms with van der Waals surface area (Å²) in [4.78, 5) is 23.7. The van der Waals surface area contributed by atoms with Crippen LogP contribution in [0.3, 0.4) is 0 Å². The third kappa shape index (κ3) is 6.42. The molecule has 0 bridgehead atoms. The van der Waals surface area contributed by atoms with Gasteiger partial charge in [-0.1, -0.05) is 42.0 Å². The van der Waals surface area contributed by atoms with Gasteiger partial charge in [-0.15, -0.1) is 0 Å². The van der Waals surface area contributed by atoms with Crippen molar-refractivity contribution < 1.29 is 27.5 Å². The summed E-state index contributed by atoms with van der Waals surface area (Å²) in [5, 5.41) is 0. The Morgan fingerprint density at radius 3 is 2.28 bits per heavy atom. The van der Waals surface area contributed by atoms with Crippen LogP contribution < -0.4 is 0 Å². The second-order valence-corrected chi connectivity index (χ2v) is 9.84. The molecule has 0 saturated carbocycles. The highest BCUT2D eigenvalue weighted by atomic mass is 32.2. The monoisotopic (exact) mass is 418 g/mol. The quantitative estimate of drug-likeness (QED) is 0.481. The second kappa shape index (κ2) is 9.22. The normalized spacial score (nSPS) is 12.8. The summed E-state index contributed by atoms with van der Waals surface area (Å²) in [7, 11) is -3.51. The van der Waals surface area contributed by atoms with Crippen LogP contribution in [0, 0.1) is 6.92 Å². The molecule has 0 aliphatic heterocycles. The minimum Gasteiger partial charge on any atom is -0.457 e. The molecule has 0 heterocycles. The van der Waals surface area contributed by atoms with Crippen LogP contribution in [-0.2, 0) is 35.3 Å². The Labute approximate surface area is 171 Å². The average molecular weight is 419 g/mol. The SMILES string of the molecule is Cc1ccc(S(=O)(=O)CCc2ccccc2C(OC=O)C(=O)OC(C)(C)C)cc1. The molecule has 0 aliphatic rings. The van der Waals surface area contributed by atoms with E-state index in [0.29, 0.717) is 11.1 Å². The van der Waals surface area contributed by atoms with Gasteiger partial charge in [-0.3, -0.25) is 4.79 Å². The molecular weight excluding hydrogens is 392 g/mol. The number of rotatable bonds is 8. The highest BCUT2D eigenvalue weighted by Crippen LogP contribution is 2.26. The number of benzene rings is 2. The van der Waals surface area contributed by atoms with Gasteiger partial charge in [0.2, 0.25) is 6.10 Å². The van der Waals surface area contributed by atoms with E-state index in [1.165, 1.54) is 0 Å². The van der Waals surface area contributed by atoms with Gasteiger partial charge in [-0.05, 0) is 51.8 Å². The van der Waals surface area contributed by atoms with Crippen LogP contribution in [0.25, 0.3) is 0 Å². The molecule has 2 rings (SSSR count). The second-order valence-electron chi connectivity index (χ2n) is 7.73. The first kappa shape index (κ1) is 22.6. The molecule has 0 amide bonds. The van der Waals surface area contributed by atoms with E-state index in [2.05, 4.69) is 0 Å². The summed E-state index contributed by atoms with van der Waals surface area (Å²) in [6, 6.07) is 13.4. The van der Waals surface area contributed by atoms with Crippen molar-refractivity contribution in [1.29, 1.82) is 0 Å². The van der Waals surface area contributed by atoms with E-state index in [1.54, 1.807) is 69.3 Å². The first-order chi connectivity index (χ1) is 13.5. The lowest BCUT2D eigenvalue weighted by molar-refractivity contribution is -0.171. The Kier molecular flexibility index (Phi) is 7.19. The van der Waals surface area contributed by atoms with Crippen molar-refractivity contribution in [2.45, 2.75) is 50.7 Å². The van der Waals surface area contributed by atoms with Crippen LogP contribution in [-0.4, -0.2) is 32.2 Å². The van der Waals surface area contributed by atoms with Gasteiger partial charge < -0.3 is 9.47 Å². The third-order valence-electron chi connectivity index (χ3n) is 4.17. The van der Waals surface area contributed by atoms with Crippen molar-refractivity contribution in [2.24, 2.45) is 0 Å². The fourth-order valence-electron chi connectivity index (χ4n) is 2.79. The Morgan fingerprint density at radius 2 is 1.69 bits per heavy atom. The van der Waals surface area contributed by atoms with E-state index >= 15 is 0 Å². The van der Waals surface area contributed by atoms with Gasteiger partial charge in [-0.2, -0.15) is 0 Å². The molecule has 2 aromatic carbocycles. The minimum absolute atomic E-state index is 0.144. The summed E-state index contributed by atoms with van der Waals surface area (Å²) < 4.78 is 35.7. The zero-order valence-corrected chi connectivity index (χ0v) is 17.9. The highest BCUT2D eigenvalue weighted by Gasteiger charge is 2.30. The third-order valence-corrected chi connectivity index (χ3v) is 5.90. The molecule has 0 saturated heterocycles. The molecule has 6 nitrogen and oxygen atoms in total. The van der Waals surface area contributed by atoms with Crippen LogP contribution in [0.5, 0.6) is 0 Å². The molecule has 0 N–H and O–H groups in total. The standard InChI is InChI=1S/C22H26O6S/c1-16-9-11-18(12-10-16)29(25,26)14-13-17-7-5-6-8-19(17)20(27-15-23)21(24)28-22(2,3)4/h5-12,15,20H,13-14H2,1-4H3. The van der Waals surface area contributed by atoms with Crippen molar-refractivity contribution >= 4 is 22.3 Å². The highest BCUT2D eigenvalue weighted by molar-refractivity contribution is 7.91. The van der Waals surface area contributed by atoms with Gasteiger partial charge in [0, 0.05) is 5.56 Å². The number of sulfone groups is 1. The first-order valence-electron chi connectivity index (χ1n) is 9.23. The first-order valence-corrected chi connectivity index (χ1v) is 10.9. The van der Waals surface area contributed by atoms with E-state index in [0.717, 1.165) is 5.56 Å². The maximum atomic E-state index is 12.7. The molecule has 156 valence electrons. The van der Waals surface area contributed by atoms with Crippen molar-refractivity contribution in [3.05, 3.63) is 65.2 Å². The molecule has 0 aromatic heterocycles. The lowest BCUT2D eigenvalue weighted by Crippen LogP contribution is -2.29. The van der Waals surface area contributed by atoms with E-state index < -0.39 is 27.5 Å². The van der Waals surface area contributed by atoms with Crippen LogP contribution >= 0.6 is 0 Å². The topological polar surface area (TPSA) is 86.7 Å². The molecule has 29 heavy (non-hydrogen) atoms. The van der Waals surface area contributed by atoms with Crippen LogP contribution in [0.2, 0.25) is 0 Å². The van der Waals surface area contributed by atoms with Gasteiger partial charge in [0.25, 0.3) is 6.47 Å². The van der Waals surface area contributed by atoms with E-state index in [4.69, 9.17) is 9.47 Å². The predicted octanol–water partition coefficient (Wildman–Crippen LogP) is 3.57. The maximum absolute atomic E-state index is 12.7. The summed E-state index contributed by atoms with van der Waals surface area (Å²) in [5.74, 6) is -0.853. The van der Waals surface area contributed by atoms with Gasteiger partial charge >= 0.3 is 5.97 Å². The van der Waals surface area contributed by atoms with Crippen LogP contribution in [0.1, 0.15) is 43.6 Å². The lowest BCUT2D eigenvalue weighted by atomic mass is 10.00. The van der Waals surface area contributed by atoms with E-state index in [9.17, 15) is 18.0 Å². The molecule has 2 aromatic rings. The minimum atomic E-state index is -3.51. The molecule has 0 spiro atoms. The fourth-order valence-corrected chi connectivity index (χ4v) is 4.07. The maximum Gasteiger partial charge on any atom is 0.352 e. The van der Waals surface area contributed by atoms with Crippen molar-refractivity contribution in [2.75, 3.05) is 5.75 Å². The summed E-state index contributed by atoms with van der Waals surface area (Å²) in [5.41, 5.74) is 1.22. The van der Waals surface area contributed by atoms with Gasteiger partial charge in [-0.25, -0.2) is 13.2 Å². The van der Waals surface area contributed by atoms with Crippen LogP contribution in [0.4, 0.5) is 0 Å². The number of esters is 1. The Balaban J connectivity index is 2.27.